The Bertz CT molecular complexity index is 1310. The Hall–Kier alpha value is -3.65. The minimum Gasteiger partial charge on any atom is -0.465 e. The molecule has 2 aromatic heterocycles. The molecule has 2 N–H and O–H groups in total. The minimum atomic E-state index is -0.498. The second kappa shape index (κ2) is 8.12. The zero-order valence-corrected chi connectivity index (χ0v) is 18.0. The molecule has 0 radical (unpaired) electrons. The van der Waals surface area contributed by atoms with E-state index in [4.69, 9.17) is 4.74 Å². The lowest BCUT2D eigenvalue weighted by Gasteiger charge is -2.36. The van der Waals surface area contributed by atoms with Crippen LogP contribution in [0.3, 0.4) is 0 Å². The number of carbonyl (C=O) groups excluding carboxylic acids is 2. The van der Waals surface area contributed by atoms with E-state index in [0.29, 0.717) is 23.5 Å². The number of rotatable bonds is 3. The first-order valence-corrected chi connectivity index (χ1v) is 11.0. The molecular formula is C24H20FN3O3S. The molecule has 1 aliphatic heterocycles. The van der Waals surface area contributed by atoms with E-state index < -0.39 is 12.0 Å². The molecule has 1 aliphatic rings. The molecule has 0 bridgehead atoms. The fourth-order valence-electron chi connectivity index (χ4n) is 4.30. The van der Waals surface area contributed by atoms with E-state index in [9.17, 15) is 14.0 Å². The number of esters is 1. The van der Waals surface area contributed by atoms with Gasteiger partial charge in [0.1, 0.15) is 10.7 Å². The third-order valence-electron chi connectivity index (χ3n) is 5.76. The summed E-state index contributed by atoms with van der Waals surface area (Å²) in [4.78, 5) is 30.9. The summed E-state index contributed by atoms with van der Waals surface area (Å²) in [5, 5.41) is 5.71. The molecule has 3 heterocycles. The monoisotopic (exact) mass is 449 g/mol. The Morgan fingerprint density at radius 2 is 1.94 bits per heavy atom. The van der Waals surface area contributed by atoms with Gasteiger partial charge in [0.2, 0.25) is 0 Å². The fraction of sp³-hybridized carbons (Fsp3) is 0.167. The maximum absolute atomic E-state index is 13.6. The number of urea groups is 1. The van der Waals surface area contributed by atoms with Gasteiger partial charge >= 0.3 is 12.0 Å². The van der Waals surface area contributed by atoms with Crippen LogP contribution in [0.15, 0.2) is 60.0 Å². The number of hydrogen-bond acceptors (Lipinski definition) is 4. The van der Waals surface area contributed by atoms with Crippen LogP contribution in [0.4, 0.5) is 14.9 Å². The molecule has 6 nitrogen and oxygen atoms in total. The molecule has 0 saturated carbocycles. The van der Waals surface area contributed by atoms with E-state index in [2.05, 4.69) is 16.4 Å². The van der Waals surface area contributed by atoms with Crippen LogP contribution in [0.25, 0.3) is 10.9 Å². The molecule has 1 unspecified atom stereocenters. The Morgan fingerprint density at radius 1 is 1.16 bits per heavy atom. The van der Waals surface area contributed by atoms with Crippen molar-refractivity contribution in [2.24, 2.45) is 0 Å². The van der Waals surface area contributed by atoms with E-state index in [1.807, 2.05) is 18.2 Å². The van der Waals surface area contributed by atoms with Gasteiger partial charge in [0, 0.05) is 23.1 Å². The molecule has 0 spiro atoms. The SMILES string of the molecule is COC(=O)c1sccc1NC(=O)N1CCc2c([nH]c3ccccc23)C1c1ccc(F)cc1. The summed E-state index contributed by atoms with van der Waals surface area (Å²) >= 11 is 1.21. The fourth-order valence-corrected chi connectivity index (χ4v) is 5.06. The number of ether oxygens (including phenoxy) is 1. The number of aromatic amines is 1. The average Bonchev–Trinajstić information content (AvgIpc) is 3.43. The Balaban J connectivity index is 1.55. The van der Waals surface area contributed by atoms with E-state index >= 15 is 0 Å². The van der Waals surface area contributed by atoms with Crippen molar-refractivity contribution in [3.63, 3.8) is 0 Å². The molecule has 32 heavy (non-hydrogen) atoms. The van der Waals surface area contributed by atoms with Gasteiger partial charge in [-0.1, -0.05) is 30.3 Å². The van der Waals surface area contributed by atoms with Crippen molar-refractivity contribution in [3.05, 3.63) is 87.5 Å². The highest BCUT2D eigenvalue weighted by Gasteiger charge is 2.35. The molecular weight excluding hydrogens is 429 g/mol. The van der Waals surface area contributed by atoms with Crippen molar-refractivity contribution in [2.75, 3.05) is 19.0 Å². The van der Waals surface area contributed by atoms with E-state index in [1.54, 1.807) is 28.5 Å². The molecule has 1 atom stereocenters. The number of anilines is 1. The van der Waals surface area contributed by atoms with Crippen molar-refractivity contribution in [1.29, 1.82) is 0 Å². The van der Waals surface area contributed by atoms with Crippen molar-refractivity contribution < 1.29 is 18.7 Å². The summed E-state index contributed by atoms with van der Waals surface area (Å²) in [7, 11) is 1.31. The number of hydrogen-bond donors (Lipinski definition) is 2. The standard InChI is InChI=1S/C24H20FN3O3S/c1-31-23(29)22-19(11-13-32-22)27-24(30)28-12-10-17-16-4-2-3-5-18(16)26-20(17)21(28)14-6-8-15(25)9-7-14/h2-9,11,13,21,26H,10,12H2,1H3,(H,27,30). The lowest BCUT2D eigenvalue weighted by atomic mass is 9.92. The highest BCUT2D eigenvalue weighted by molar-refractivity contribution is 7.12. The minimum absolute atomic E-state index is 0.335. The quantitative estimate of drug-likeness (QED) is 0.415. The lowest BCUT2D eigenvalue weighted by Crippen LogP contribution is -2.43. The van der Waals surface area contributed by atoms with Crippen molar-refractivity contribution in [2.45, 2.75) is 12.5 Å². The van der Waals surface area contributed by atoms with Gasteiger partial charge < -0.3 is 19.9 Å². The maximum atomic E-state index is 13.6. The number of amides is 2. The molecule has 2 amide bonds. The average molecular weight is 450 g/mol. The van der Waals surface area contributed by atoms with E-state index in [-0.39, 0.29) is 11.8 Å². The number of nitrogens with one attached hydrogen (secondary N) is 2. The maximum Gasteiger partial charge on any atom is 0.350 e. The number of aromatic nitrogens is 1. The summed E-state index contributed by atoms with van der Waals surface area (Å²) < 4.78 is 18.4. The molecule has 8 heteroatoms. The Kier molecular flexibility index (Phi) is 5.14. The molecule has 5 rings (SSSR count). The zero-order valence-electron chi connectivity index (χ0n) is 17.2. The summed E-state index contributed by atoms with van der Waals surface area (Å²) in [6.07, 6.45) is 0.679. The topological polar surface area (TPSA) is 74.4 Å². The first kappa shape index (κ1) is 20.3. The first-order valence-electron chi connectivity index (χ1n) is 10.1. The summed E-state index contributed by atoms with van der Waals surface area (Å²) in [5.41, 5.74) is 4.28. The van der Waals surface area contributed by atoms with Crippen LogP contribution in [-0.4, -0.2) is 35.5 Å². The number of benzene rings is 2. The molecule has 162 valence electrons. The Labute approximate surface area is 187 Å². The van der Waals surface area contributed by atoms with Crippen LogP contribution in [0.1, 0.15) is 32.5 Å². The number of fused-ring (bicyclic) bond motifs is 3. The largest absolute Gasteiger partial charge is 0.465 e. The van der Waals surface area contributed by atoms with Crippen LogP contribution < -0.4 is 5.32 Å². The number of halogens is 1. The van der Waals surface area contributed by atoms with Gasteiger partial charge in [-0.3, -0.25) is 0 Å². The highest BCUT2D eigenvalue weighted by atomic mass is 32.1. The van der Waals surface area contributed by atoms with Gasteiger partial charge in [0.15, 0.2) is 0 Å². The highest BCUT2D eigenvalue weighted by Crippen LogP contribution is 2.39. The van der Waals surface area contributed by atoms with Crippen LogP contribution in [0, 0.1) is 5.82 Å². The Morgan fingerprint density at radius 3 is 2.72 bits per heavy atom. The van der Waals surface area contributed by atoms with Crippen LogP contribution in [-0.2, 0) is 11.2 Å². The summed E-state index contributed by atoms with van der Waals surface area (Å²) in [6.45, 7) is 0.473. The first-order chi connectivity index (χ1) is 15.6. The second-order valence-corrected chi connectivity index (χ2v) is 8.46. The normalized spacial score (nSPS) is 15.4. The molecule has 0 fully saturated rings. The molecule has 0 saturated heterocycles. The van der Waals surface area contributed by atoms with Gasteiger partial charge in [0.25, 0.3) is 0 Å². The smallest absolute Gasteiger partial charge is 0.350 e. The third-order valence-corrected chi connectivity index (χ3v) is 6.65. The lowest BCUT2D eigenvalue weighted by molar-refractivity contribution is 0.0607. The zero-order chi connectivity index (χ0) is 22.2. The van der Waals surface area contributed by atoms with E-state index in [1.165, 1.54) is 30.6 Å². The number of H-pyrrole nitrogens is 1. The molecule has 0 aliphatic carbocycles. The van der Waals surface area contributed by atoms with Crippen LogP contribution in [0.2, 0.25) is 0 Å². The van der Waals surface area contributed by atoms with Crippen molar-refractivity contribution >= 4 is 39.9 Å². The van der Waals surface area contributed by atoms with Gasteiger partial charge in [0.05, 0.1) is 18.8 Å². The van der Waals surface area contributed by atoms with Gasteiger partial charge in [-0.15, -0.1) is 11.3 Å². The molecule has 2 aromatic carbocycles. The number of carbonyl (C=O) groups is 2. The van der Waals surface area contributed by atoms with Crippen LogP contribution >= 0.6 is 11.3 Å². The van der Waals surface area contributed by atoms with Gasteiger partial charge in [-0.2, -0.15) is 0 Å². The van der Waals surface area contributed by atoms with E-state index in [0.717, 1.165) is 27.7 Å². The van der Waals surface area contributed by atoms with Gasteiger partial charge in [-0.25, -0.2) is 14.0 Å². The van der Waals surface area contributed by atoms with Crippen molar-refractivity contribution in [3.8, 4) is 0 Å². The van der Waals surface area contributed by atoms with Crippen LogP contribution in [0.5, 0.6) is 0 Å². The van der Waals surface area contributed by atoms with Gasteiger partial charge in [-0.05, 0) is 47.2 Å². The number of para-hydroxylation sites is 1. The summed E-state index contributed by atoms with van der Waals surface area (Å²) in [6, 6.07) is 15.1. The number of methoxy groups -OCH3 is 1. The second-order valence-electron chi connectivity index (χ2n) is 7.55. The number of nitrogens with zero attached hydrogens (tertiary/aromatic N) is 1. The predicted molar refractivity (Wildman–Crippen MR) is 122 cm³/mol. The third kappa shape index (κ3) is 3.42. The number of thiophene rings is 1. The molecule has 4 aromatic rings. The summed E-state index contributed by atoms with van der Waals surface area (Å²) in [5.74, 6) is -0.833. The van der Waals surface area contributed by atoms with Crippen molar-refractivity contribution in [1.82, 2.24) is 9.88 Å². The predicted octanol–water partition coefficient (Wildman–Crippen LogP) is 5.33.